The first-order valence-electron chi connectivity index (χ1n) is 10.0. The molecular formula is C23H23F3N2O2. The van der Waals surface area contributed by atoms with Crippen LogP contribution in [0.25, 0.3) is 22.2 Å². The highest BCUT2D eigenvalue weighted by atomic mass is 19.1. The van der Waals surface area contributed by atoms with E-state index in [-0.39, 0.29) is 41.7 Å². The van der Waals surface area contributed by atoms with Gasteiger partial charge in [-0.05, 0) is 73.6 Å². The predicted molar refractivity (Wildman–Crippen MR) is 108 cm³/mol. The van der Waals surface area contributed by atoms with Crippen LogP contribution in [0.3, 0.4) is 0 Å². The van der Waals surface area contributed by atoms with Gasteiger partial charge in [-0.2, -0.15) is 0 Å². The van der Waals surface area contributed by atoms with E-state index in [1.54, 1.807) is 19.1 Å². The lowest BCUT2D eigenvalue weighted by Crippen LogP contribution is -2.38. The molecule has 3 aromatic rings. The van der Waals surface area contributed by atoms with Crippen LogP contribution in [0.1, 0.15) is 37.7 Å². The normalized spacial score (nSPS) is 19.9. The first kappa shape index (κ1) is 20.5. The van der Waals surface area contributed by atoms with Crippen LogP contribution in [0.4, 0.5) is 13.2 Å². The van der Waals surface area contributed by atoms with Gasteiger partial charge >= 0.3 is 0 Å². The van der Waals surface area contributed by atoms with Crippen molar-refractivity contribution in [1.82, 2.24) is 10.3 Å². The van der Waals surface area contributed by atoms with E-state index in [0.29, 0.717) is 35.9 Å². The molecule has 1 aliphatic carbocycles. The number of fused-ring (bicyclic) bond motifs is 1. The number of amides is 1. The van der Waals surface area contributed by atoms with Gasteiger partial charge in [-0.25, -0.2) is 13.2 Å². The third-order valence-corrected chi connectivity index (χ3v) is 5.87. The Labute approximate surface area is 172 Å². The summed E-state index contributed by atoms with van der Waals surface area (Å²) < 4.78 is 41.9. The van der Waals surface area contributed by atoms with Crippen LogP contribution < -0.4 is 5.32 Å². The average molecular weight is 416 g/mol. The lowest BCUT2D eigenvalue weighted by molar-refractivity contribution is -0.125. The molecule has 0 saturated heterocycles. The Morgan fingerprint density at radius 1 is 1.17 bits per heavy atom. The number of H-pyrrole nitrogens is 1. The molecule has 0 spiro atoms. The van der Waals surface area contributed by atoms with E-state index >= 15 is 0 Å². The molecular weight excluding hydrogens is 393 g/mol. The summed E-state index contributed by atoms with van der Waals surface area (Å²) in [4.78, 5) is 15.6. The Kier molecular flexibility index (Phi) is 5.56. The van der Waals surface area contributed by atoms with Crippen molar-refractivity contribution in [3.05, 3.63) is 59.4 Å². The van der Waals surface area contributed by atoms with Crippen molar-refractivity contribution in [2.24, 2.45) is 5.92 Å². The van der Waals surface area contributed by atoms with Crippen molar-refractivity contribution in [3.8, 4) is 11.3 Å². The summed E-state index contributed by atoms with van der Waals surface area (Å²) in [6.45, 7) is 1.58. The van der Waals surface area contributed by atoms with Crippen molar-refractivity contribution in [2.75, 3.05) is 6.61 Å². The van der Waals surface area contributed by atoms with E-state index in [2.05, 4.69) is 10.3 Å². The molecule has 1 aromatic heterocycles. The first-order chi connectivity index (χ1) is 14.4. The Bertz CT molecular complexity index is 1080. The van der Waals surface area contributed by atoms with Crippen molar-refractivity contribution in [3.63, 3.8) is 0 Å². The molecule has 158 valence electrons. The summed E-state index contributed by atoms with van der Waals surface area (Å²) in [6.07, 6.45) is 1.86. The number of rotatable bonds is 5. The number of carbonyl (C=O) groups is 1. The molecule has 4 nitrogen and oxygen atoms in total. The van der Waals surface area contributed by atoms with E-state index in [1.165, 1.54) is 18.2 Å². The zero-order valence-corrected chi connectivity index (χ0v) is 16.5. The zero-order chi connectivity index (χ0) is 21.4. The molecule has 3 atom stereocenters. The molecule has 0 aliphatic heterocycles. The molecule has 1 heterocycles. The summed E-state index contributed by atoms with van der Waals surface area (Å²) in [5.41, 5.74) is 2.24. The van der Waals surface area contributed by atoms with Crippen LogP contribution in [0.5, 0.6) is 0 Å². The molecule has 1 amide bonds. The van der Waals surface area contributed by atoms with E-state index < -0.39 is 11.6 Å². The summed E-state index contributed by atoms with van der Waals surface area (Å²) in [7, 11) is 0. The number of benzene rings is 2. The number of aliphatic hydroxyl groups excluding tert-OH is 1. The summed E-state index contributed by atoms with van der Waals surface area (Å²) in [5, 5.41) is 12.4. The fourth-order valence-corrected chi connectivity index (χ4v) is 4.40. The largest absolute Gasteiger partial charge is 0.394 e. The first-order valence-corrected chi connectivity index (χ1v) is 10.0. The van der Waals surface area contributed by atoms with Gasteiger partial charge in [0.1, 0.15) is 17.5 Å². The second-order valence-electron chi connectivity index (χ2n) is 8.03. The molecule has 3 N–H and O–H groups in total. The molecule has 30 heavy (non-hydrogen) atoms. The molecule has 1 saturated carbocycles. The van der Waals surface area contributed by atoms with Crippen molar-refractivity contribution >= 4 is 16.8 Å². The fourth-order valence-electron chi connectivity index (χ4n) is 4.40. The van der Waals surface area contributed by atoms with Crippen LogP contribution >= 0.6 is 0 Å². The number of hydrogen-bond donors (Lipinski definition) is 3. The molecule has 1 aliphatic rings. The van der Waals surface area contributed by atoms with Crippen LogP contribution in [0, 0.1) is 23.4 Å². The van der Waals surface area contributed by atoms with Crippen molar-refractivity contribution < 1.29 is 23.1 Å². The molecule has 2 aromatic carbocycles. The third-order valence-electron chi connectivity index (χ3n) is 5.87. The molecule has 4 rings (SSSR count). The number of nitrogens with one attached hydrogen (secondary N) is 2. The monoisotopic (exact) mass is 416 g/mol. The Hall–Kier alpha value is -2.80. The average Bonchev–Trinajstić information content (AvgIpc) is 3.33. The Morgan fingerprint density at radius 2 is 1.90 bits per heavy atom. The van der Waals surface area contributed by atoms with Gasteiger partial charge in [0.15, 0.2) is 0 Å². The topological polar surface area (TPSA) is 65.1 Å². The summed E-state index contributed by atoms with van der Waals surface area (Å²) in [5.74, 6) is -2.20. The van der Waals surface area contributed by atoms with Crippen molar-refractivity contribution in [2.45, 2.75) is 38.1 Å². The molecule has 0 bridgehead atoms. The standard InChI is InChI=1S/C23H23F3N2O2/c1-12(11-29)27-23(30)15-3-2-14(8-15)20-18-9-17(25)10-19(26)22(18)28-21(20)13-4-6-16(24)7-5-13/h4-7,9-10,12,14-15,28-29H,2-3,8,11H2,1H3,(H,27,30). The van der Waals surface area contributed by atoms with E-state index in [9.17, 15) is 18.0 Å². The van der Waals surface area contributed by atoms with Gasteiger partial charge in [0.25, 0.3) is 0 Å². The van der Waals surface area contributed by atoms with Crippen LogP contribution in [-0.4, -0.2) is 28.6 Å². The SMILES string of the molecule is CC(CO)NC(=O)C1CCC(c2c(-c3ccc(F)cc3)[nH]c3c(F)cc(F)cc23)C1. The quantitative estimate of drug-likeness (QED) is 0.568. The smallest absolute Gasteiger partial charge is 0.223 e. The molecule has 0 radical (unpaired) electrons. The Morgan fingerprint density at radius 3 is 2.60 bits per heavy atom. The number of aromatic amines is 1. The lowest BCUT2D eigenvalue weighted by atomic mass is 9.91. The second kappa shape index (κ2) is 8.14. The van der Waals surface area contributed by atoms with Crippen LogP contribution in [0.2, 0.25) is 0 Å². The number of hydrogen-bond acceptors (Lipinski definition) is 2. The van der Waals surface area contributed by atoms with Gasteiger partial charge in [0.2, 0.25) is 5.91 Å². The number of aromatic nitrogens is 1. The molecule has 3 unspecified atom stereocenters. The minimum atomic E-state index is -0.691. The highest BCUT2D eigenvalue weighted by Crippen LogP contribution is 2.46. The summed E-state index contributed by atoms with van der Waals surface area (Å²) >= 11 is 0. The molecule has 7 heteroatoms. The predicted octanol–water partition coefficient (Wildman–Crippen LogP) is 4.63. The van der Waals surface area contributed by atoms with E-state index in [1.807, 2.05) is 0 Å². The minimum Gasteiger partial charge on any atom is -0.394 e. The number of carbonyl (C=O) groups excluding carboxylic acids is 1. The maximum absolute atomic E-state index is 14.5. The van der Waals surface area contributed by atoms with Gasteiger partial charge < -0.3 is 15.4 Å². The number of halogens is 3. The third kappa shape index (κ3) is 3.81. The van der Waals surface area contributed by atoms with E-state index in [0.717, 1.165) is 11.6 Å². The van der Waals surface area contributed by atoms with Gasteiger partial charge in [-0.1, -0.05) is 0 Å². The maximum Gasteiger partial charge on any atom is 0.223 e. The van der Waals surface area contributed by atoms with Crippen LogP contribution in [-0.2, 0) is 4.79 Å². The van der Waals surface area contributed by atoms with Crippen LogP contribution in [0.15, 0.2) is 36.4 Å². The number of aliphatic hydroxyl groups is 1. The highest BCUT2D eigenvalue weighted by Gasteiger charge is 2.34. The van der Waals surface area contributed by atoms with Gasteiger partial charge in [-0.3, -0.25) is 4.79 Å². The minimum absolute atomic E-state index is 0.0832. The van der Waals surface area contributed by atoms with E-state index in [4.69, 9.17) is 5.11 Å². The lowest BCUT2D eigenvalue weighted by Gasteiger charge is -2.16. The van der Waals surface area contributed by atoms with Gasteiger partial charge in [-0.15, -0.1) is 0 Å². The van der Waals surface area contributed by atoms with Crippen molar-refractivity contribution in [1.29, 1.82) is 0 Å². The Balaban J connectivity index is 1.75. The maximum atomic E-state index is 14.5. The van der Waals surface area contributed by atoms with Gasteiger partial charge in [0.05, 0.1) is 17.8 Å². The molecule has 1 fully saturated rings. The summed E-state index contributed by atoms with van der Waals surface area (Å²) in [6, 6.07) is 7.64. The highest BCUT2D eigenvalue weighted by molar-refractivity contribution is 5.92. The second-order valence-corrected chi connectivity index (χ2v) is 8.03. The van der Waals surface area contributed by atoms with Gasteiger partial charge in [0, 0.05) is 23.4 Å². The zero-order valence-electron chi connectivity index (χ0n) is 16.5. The fraction of sp³-hybridized carbons (Fsp3) is 0.348.